The van der Waals surface area contributed by atoms with Gasteiger partial charge in [-0.25, -0.2) is 4.79 Å². The maximum atomic E-state index is 12.6. The zero-order valence-electron chi connectivity index (χ0n) is 21.0. The molecule has 0 saturated carbocycles. The number of aryl methyl sites for hydroxylation is 1. The number of aromatic nitrogens is 2. The summed E-state index contributed by atoms with van der Waals surface area (Å²) in [5, 5.41) is 18.6. The maximum Gasteiger partial charge on any atom is 0.435 e. The van der Waals surface area contributed by atoms with E-state index in [9.17, 15) is 9.90 Å². The first-order valence-corrected chi connectivity index (χ1v) is 11.8. The molecule has 9 heteroatoms. The fraction of sp³-hybridized carbons (Fsp3) is 0.462. The molecule has 0 aliphatic carbocycles. The molecule has 1 atom stereocenters. The lowest BCUT2D eigenvalue weighted by Crippen LogP contribution is -2.33. The highest BCUT2D eigenvalue weighted by molar-refractivity contribution is 5.93. The molecule has 0 saturated heterocycles. The topological polar surface area (TPSA) is 104 Å². The third-order valence-electron chi connectivity index (χ3n) is 4.91. The van der Waals surface area contributed by atoms with Crippen LogP contribution in [-0.4, -0.2) is 65.6 Å². The number of benzene rings is 2. The molecule has 190 valence electrons. The van der Waals surface area contributed by atoms with E-state index in [1.165, 1.54) is 4.68 Å². The van der Waals surface area contributed by atoms with Crippen molar-refractivity contribution >= 4 is 17.0 Å². The van der Waals surface area contributed by atoms with Crippen molar-refractivity contribution < 1.29 is 28.8 Å². The summed E-state index contributed by atoms with van der Waals surface area (Å²) in [5.41, 5.74) is 0.594. The first kappa shape index (κ1) is 26.3. The van der Waals surface area contributed by atoms with Crippen molar-refractivity contribution in [2.75, 3.05) is 32.9 Å². The second kappa shape index (κ2) is 11.9. The van der Waals surface area contributed by atoms with Crippen LogP contribution in [0.1, 0.15) is 33.4 Å². The lowest BCUT2D eigenvalue weighted by atomic mass is 10.2. The van der Waals surface area contributed by atoms with Crippen LogP contribution in [0, 0.1) is 6.92 Å². The van der Waals surface area contributed by atoms with Gasteiger partial charge in [0.25, 0.3) is 0 Å². The SMILES string of the molecule is CCOc1ccccc1OCCNCC(O)COc1cccc2c1c(C)nn2C(=O)OC(C)(C)C. The third-order valence-corrected chi connectivity index (χ3v) is 4.91. The highest BCUT2D eigenvalue weighted by atomic mass is 16.6. The van der Waals surface area contributed by atoms with Crippen molar-refractivity contribution in [3.05, 3.63) is 48.2 Å². The minimum atomic E-state index is -0.734. The smallest absolute Gasteiger partial charge is 0.435 e. The van der Waals surface area contributed by atoms with Crippen LogP contribution in [0.4, 0.5) is 4.79 Å². The highest BCUT2D eigenvalue weighted by Crippen LogP contribution is 2.29. The summed E-state index contributed by atoms with van der Waals surface area (Å²) in [6.45, 7) is 11.1. The van der Waals surface area contributed by atoms with E-state index in [2.05, 4.69) is 10.4 Å². The Morgan fingerprint density at radius 2 is 1.74 bits per heavy atom. The molecular formula is C26H35N3O6. The number of nitrogens with zero attached hydrogens (tertiary/aromatic N) is 2. The van der Waals surface area contributed by atoms with Crippen LogP contribution in [0.25, 0.3) is 10.9 Å². The van der Waals surface area contributed by atoms with E-state index in [-0.39, 0.29) is 6.61 Å². The van der Waals surface area contributed by atoms with E-state index in [1.54, 1.807) is 45.9 Å². The van der Waals surface area contributed by atoms with Gasteiger partial charge in [-0.05, 0) is 58.9 Å². The number of carbonyl (C=O) groups is 1. The molecule has 0 amide bonds. The molecule has 9 nitrogen and oxygen atoms in total. The van der Waals surface area contributed by atoms with Gasteiger partial charge >= 0.3 is 6.09 Å². The molecule has 2 N–H and O–H groups in total. The molecule has 0 aliphatic rings. The second-order valence-corrected chi connectivity index (χ2v) is 9.02. The summed E-state index contributed by atoms with van der Waals surface area (Å²) in [7, 11) is 0. The summed E-state index contributed by atoms with van der Waals surface area (Å²) in [4.78, 5) is 12.6. The quantitative estimate of drug-likeness (QED) is 0.394. The van der Waals surface area contributed by atoms with E-state index in [4.69, 9.17) is 18.9 Å². The number of aliphatic hydroxyl groups is 1. The number of para-hydroxylation sites is 2. The molecule has 0 spiro atoms. The van der Waals surface area contributed by atoms with Gasteiger partial charge in [-0.3, -0.25) is 0 Å². The zero-order valence-corrected chi connectivity index (χ0v) is 21.0. The number of hydrogen-bond acceptors (Lipinski definition) is 8. The van der Waals surface area contributed by atoms with Crippen molar-refractivity contribution in [1.82, 2.24) is 15.1 Å². The number of carbonyl (C=O) groups excluding carboxylic acids is 1. The first-order valence-electron chi connectivity index (χ1n) is 11.8. The van der Waals surface area contributed by atoms with Crippen LogP contribution in [0.3, 0.4) is 0 Å². The zero-order chi connectivity index (χ0) is 25.4. The van der Waals surface area contributed by atoms with Crippen molar-refractivity contribution in [2.24, 2.45) is 0 Å². The highest BCUT2D eigenvalue weighted by Gasteiger charge is 2.22. The Hall–Kier alpha value is -3.30. The number of fused-ring (bicyclic) bond motifs is 1. The van der Waals surface area contributed by atoms with Crippen LogP contribution in [-0.2, 0) is 4.74 Å². The Labute approximate surface area is 205 Å². The maximum absolute atomic E-state index is 12.6. The van der Waals surface area contributed by atoms with Gasteiger partial charge in [0.15, 0.2) is 11.5 Å². The largest absolute Gasteiger partial charge is 0.490 e. The van der Waals surface area contributed by atoms with Gasteiger partial charge in [0.2, 0.25) is 0 Å². The molecule has 1 heterocycles. The van der Waals surface area contributed by atoms with E-state index < -0.39 is 17.8 Å². The number of aliphatic hydroxyl groups excluding tert-OH is 1. The van der Waals surface area contributed by atoms with Gasteiger partial charge in [-0.15, -0.1) is 0 Å². The van der Waals surface area contributed by atoms with Crippen LogP contribution >= 0.6 is 0 Å². The summed E-state index contributed by atoms with van der Waals surface area (Å²) < 4.78 is 23.9. The van der Waals surface area contributed by atoms with Gasteiger partial charge < -0.3 is 29.4 Å². The van der Waals surface area contributed by atoms with Gasteiger partial charge in [-0.1, -0.05) is 18.2 Å². The summed E-state index contributed by atoms with van der Waals surface area (Å²) in [6, 6.07) is 12.9. The predicted octanol–water partition coefficient (Wildman–Crippen LogP) is 3.93. The monoisotopic (exact) mass is 485 g/mol. The Kier molecular flexibility index (Phi) is 8.95. The van der Waals surface area contributed by atoms with Crippen LogP contribution in [0.5, 0.6) is 17.2 Å². The number of ether oxygens (including phenoxy) is 4. The summed E-state index contributed by atoms with van der Waals surface area (Å²) in [5.74, 6) is 1.95. The van der Waals surface area contributed by atoms with Crippen molar-refractivity contribution in [1.29, 1.82) is 0 Å². The Morgan fingerprint density at radius 3 is 2.43 bits per heavy atom. The fourth-order valence-electron chi connectivity index (χ4n) is 3.47. The van der Waals surface area contributed by atoms with Crippen LogP contribution < -0.4 is 19.5 Å². The molecule has 1 unspecified atom stereocenters. The molecule has 1 aromatic heterocycles. The van der Waals surface area contributed by atoms with E-state index in [1.807, 2.05) is 31.2 Å². The molecule has 0 aliphatic heterocycles. The van der Waals surface area contributed by atoms with Crippen LogP contribution in [0.2, 0.25) is 0 Å². The Morgan fingerprint density at radius 1 is 1.06 bits per heavy atom. The predicted molar refractivity (Wildman–Crippen MR) is 134 cm³/mol. The molecule has 2 aromatic carbocycles. The molecule has 3 rings (SSSR count). The second-order valence-electron chi connectivity index (χ2n) is 9.02. The lowest BCUT2D eigenvalue weighted by molar-refractivity contribution is 0.0522. The van der Waals surface area contributed by atoms with E-state index >= 15 is 0 Å². The molecule has 0 fully saturated rings. The lowest BCUT2D eigenvalue weighted by Gasteiger charge is -2.19. The summed E-state index contributed by atoms with van der Waals surface area (Å²) >= 11 is 0. The number of nitrogens with one attached hydrogen (secondary N) is 1. The van der Waals surface area contributed by atoms with Gasteiger partial charge in [0.1, 0.15) is 30.7 Å². The van der Waals surface area contributed by atoms with Crippen molar-refractivity contribution in [3.63, 3.8) is 0 Å². The van der Waals surface area contributed by atoms with Crippen molar-refractivity contribution in [2.45, 2.75) is 46.3 Å². The van der Waals surface area contributed by atoms with Crippen LogP contribution in [0.15, 0.2) is 42.5 Å². The number of hydrogen-bond donors (Lipinski definition) is 2. The standard InChI is InChI=1S/C26H35N3O6/c1-6-32-21-11-7-8-12-22(21)33-15-14-27-16-19(30)17-34-23-13-9-10-20-24(23)18(2)28-29(20)25(31)35-26(3,4)5/h7-13,19,27,30H,6,14-17H2,1-5H3. The van der Waals surface area contributed by atoms with Crippen molar-refractivity contribution in [3.8, 4) is 17.2 Å². The minimum Gasteiger partial charge on any atom is -0.490 e. The first-order chi connectivity index (χ1) is 16.7. The van der Waals surface area contributed by atoms with E-state index in [0.29, 0.717) is 60.1 Å². The minimum absolute atomic E-state index is 0.0806. The van der Waals surface area contributed by atoms with E-state index in [0.717, 1.165) is 0 Å². The fourth-order valence-corrected chi connectivity index (χ4v) is 3.47. The molecular weight excluding hydrogens is 450 g/mol. The molecule has 0 radical (unpaired) electrons. The summed E-state index contributed by atoms with van der Waals surface area (Å²) in [6.07, 6.45) is -1.29. The molecule has 0 bridgehead atoms. The Balaban J connectivity index is 1.50. The molecule has 35 heavy (non-hydrogen) atoms. The third kappa shape index (κ3) is 7.34. The van der Waals surface area contributed by atoms with Gasteiger partial charge in [0.05, 0.1) is 23.2 Å². The molecule has 3 aromatic rings. The normalized spacial score (nSPS) is 12.4. The number of rotatable bonds is 11. The van der Waals surface area contributed by atoms with Gasteiger partial charge in [-0.2, -0.15) is 9.78 Å². The average molecular weight is 486 g/mol. The Bertz CT molecular complexity index is 1120. The average Bonchev–Trinajstić information content (AvgIpc) is 3.15. The van der Waals surface area contributed by atoms with Gasteiger partial charge in [0, 0.05) is 13.1 Å².